The molecule has 3 aromatic rings. The highest BCUT2D eigenvalue weighted by Crippen LogP contribution is 2.23. The van der Waals surface area contributed by atoms with Crippen LogP contribution in [0.3, 0.4) is 0 Å². The summed E-state index contributed by atoms with van der Waals surface area (Å²) in [5, 5.41) is 0. The summed E-state index contributed by atoms with van der Waals surface area (Å²) in [5.41, 5.74) is 8.59. The van der Waals surface area contributed by atoms with Crippen LogP contribution in [0.25, 0.3) is 11.0 Å². The molecule has 2 N–H and O–H groups in total. The summed E-state index contributed by atoms with van der Waals surface area (Å²) in [4.78, 5) is 16.8. The summed E-state index contributed by atoms with van der Waals surface area (Å²) in [5.74, 6) is 0.556. The lowest BCUT2D eigenvalue weighted by Crippen LogP contribution is -2.15. The molecule has 0 unspecified atom stereocenters. The van der Waals surface area contributed by atoms with Gasteiger partial charge in [-0.05, 0) is 26.0 Å². The highest BCUT2D eigenvalue weighted by Gasteiger charge is 2.21. The van der Waals surface area contributed by atoms with Gasteiger partial charge >= 0.3 is 0 Å². The van der Waals surface area contributed by atoms with Gasteiger partial charge in [0.15, 0.2) is 0 Å². The zero-order valence-corrected chi connectivity index (χ0v) is 10.7. The first-order chi connectivity index (χ1) is 9.09. The molecule has 0 bridgehead atoms. The number of benzene rings is 1. The Morgan fingerprint density at radius 1 is 1.32 bits per heavy atom. The van der Waals surface area contributed by atoms with Crippen LogP contribution >= 0.6 is 0 Å². The van der Waals surface area contributed by atoms with Crippen LogP contribution in [-0.4, -0.2) is 15.5 Å². The highest BCUT2D eigenvalue weighted by atomic mass is 16.3. The van der Waals surface area contributed by atoms with Crippen molar-refractivity contribution in [1.29, 1.82) is 0 Å². The van der Waals surface area contributed by atoms with Crippen molar-refractivity contribution in [2.75, 3.05) is 5.73 Å². The molecule has 2 aromatic heterocycles. The summed E-state index contributed by atoms with van der Waals surface area (Å²) >= 11 is 0. The van der Waals surface area contributed by atoms with Gasteiger partial charge in [-0.2, -0.15) is 0 Å². The largest absolute Gasteiger partial charge is 0.469 e. The summed E-state index contributed by atoms with van der Waals surface area (Å²) < 4.78 is 6.69. The van der Waals surface area contributed by atoms with Gasteiger partial charge in [0.25, 0.3) is 5.91 Å². The fourth-order valence-electron chi connectivity index (χ4n) is 2.26. The molecule has 3 rings (SSSR count). The van der Waals surface area contributed by atoms with Gasteiger partial charge in [0.1, 0.15) is 5.76 Å². The molecule has 0 amide bonds. The van der Waals surface area contributed by atoms with E-state index < -0.39 is 0 Å². The van der Waals surface area contributed by atoms with Crippen molar-refractivity contribution in [3.8, 4) is 0 Å². The molecule has 5 heteroatoms. The summed E-state index contributed by atoms with van der Waals surface area (Å²) in [6.07, 6.45) is 1.57. The van der Waals surface area contributed by atoms with E-state index in [-0.39, 0.29) is 11.9 Å². The molecule has 0 atom stereocenters. The number of nitrogen functional groups attached to an aromatic ring is 1. The van der Waals surface area contributed by atoms with E-state index >= 15 is 0 Å². The minimum atomic E-state index is -0.213. The standard InChI is InChI=1S/C14H13N3O2/c1-8-7-19-9(2)12(8)13(18)17-11-6-4-3-5-10(11)16-14(17)15/h3-7H,1-2H3,(H2,15,16). The van der Waals surface area contributed by atoms with Crippen molar-refractivity contribution < 1.29 is 9.21 Å². The second kappa shape index (κ2) is 3.98. The first-order valence-corrected chi connectivity index (χ1v) is 5.92. The third-order valence-electron chi connectivity index (χ3n) is 3.16. The van der Waals surface area contributed by atoms with Gasteiger partial charge in [0.05, 0.1) is 22.9 Å². The van der Waals surface area contributed by atoms with Gasteiger partial charge in [0, 0.05) is 5.56 Å². The van der Waals surface area contributed by atoms with Crippen LogP contribution in [0.2, 0.25) is 0 Å². The predicted octanol–water partition coefficient (Wildman–Crippen LogP) is 2.52. The van der Waals surface area contributed by atoms with Crippen LogP contribution in [0.4, 0.5) is 5.95 Å². The number of aromatic nitrogens is 2. The molecule has 2 heterocycles. The summed E-state index contributed by atoms with van der Waals surface area (Å²) in [6, 6.07) is 7.35. The second-order valence-corrected chi connectivity index (χ2v) is 4.45. The number of nitrogens with zero attached hydrogens (tertiary/aromatic N) is 2. The number of rotatable bonds is 1. The number of fused-ring (bicyclic) bond motifs is 1. The molecule has 0 aliphatic carbocycles. The zero-order valence-electron chi connectivity index (χ0n) is 10.7. The molecular formula is C14H13N3O2. The van der Waals surface area contributed by atoms with Crippen molar-refractivity contribution in [1.82, 2.24) is 9.55 Å². The van der Waals surface area contributed by atoms with Gasteiger partial charge in [-0.15, -0.1) is 0 Å². The van der Waals surface area contributed by atoms with Gasteiger partial charge in [-0.1, -0.05) is 12.1 Å². The molecule has 96 valence electrons. The molecule has 0 saturated heterocycles. The number of nitrogens with two attached hydrogens (primary N) is 1. The first-order valence-electron chi connectivity index (χ1n) is 5.92. The topological polar surface area (TPSA) is 74.0 Å². The monoisotopic (exact) mass is 255 g/mol. The molecule has 0 saturated carbocycles. The third-order valence-corrected chi connectivity index (χ3v) is 3.16. The molecule has 5 nitrogen and oxygen atoms in total. The number of anilines is 1. The Morgan fingerprint density at radius 2 is 2.05 bits per heavy atom. The SMILES string of the molecule is Cc1coc(C)c1C(=O)n1c(N)nc2ccccc21. The van der Waals surface area contributed by atoms with Crippen molar-refractivity contribution in [3.05, 3.63) is 47.4 Å². The lowest BCUT2D eigenvalue weighted by atomic mass is 10.1. The number of furan rings is 1. The number of para-hydroxylation sites is 2. The van der Waals surface area contributed by atoms with E-state index in [1.807, 2.05) is 31.2 Å². The van der Waals surface area contributed by atoms with Crippen LogP contribution in [0.5, 0.6) is 0 Å². The maximum atomic E-state index is 12.6. The Labute approximate surface area is 109 Å². The van der Waals surface area contributed by atoms with E-state index in [2.05, 4.69) is 4.98 Å². The summed E-state index contributed by atoms with van der Waals surface area (Å²) in [7, 11) is 0. The van der Waals surface area contributed by atoms with Crippen molar-refractivity contribution >= 4 is 22.9 Å². The lowest BCUT2D eigenvalue weighted by Gasteiger charge is -2.05. The Kier molecular flexibility index (Phi) is 2.41. The smallest absolute Gasteiger partial charge is 0.269 e. The quantitative estimate of drug-likeness (QED) is 0.725. The van der Waals surface area contributed by atoms with Gasteiger partial charge < -0.3 is 10.2 Å². The molecule has 0 aliphatic heterocycles. The third kappa shape index (κ3) is 1.62. The Morgan fingerprint density at radius 3 is 2.74 bits per heavy atom. The van der Waals surface area contributed by atoms with E-state index in [0.717, 1.165) is 5.56 Å². The molecule has 19 heavy (non-hydrogen) atoms. The van der Waals surface area contributed by atoms with Gasteiger partial charge in [0.2, 0.25) is 5.95 Å². The number of hydrogen-bond donors (Lipinski definition) is 1. The minimum absolute atomic E-state index is 0.186. The zero-order chi connectivity index (χ0) is 13.6. The Bertz CT molecular complexity index is 764. The van der Waals surface area contributed by atoms with Crippen LogP contribution in [0.1, 0.15) is 21.7 Å². The number of aryl methyl sites for hydroxylation is 2. The van der Waals surface area contributed by atoms with Crippen LogP contribution in [0.15, 0.2) is 34.9 Å². The summed E-state index contributed by atoms with van der Waals surface area (Å²) in [6.45, 7) is 3.59. The number of carbonyl (C=O) groups is 1. The van der Waals surface area contributed by atoms with Crippen molar-refractivity contribution in [2.24, 2.45) is 0 Å². The predicted molar refractivity (Wildman–Crippen MR) is 72.1 cm³/mol. The van der Waals surface area contributed by atoms with Gasteiger partial charge in [-0.3, -0.25) is 4.79 Å². The maximum absolute atomic E-state index is 12.6. The minimum Gasteiger partial charge on any atom is -0.469 e. The fourth-order valence-corrected chi connectivity index (χ4v) is 2.26. The molecular weight excluding hydrogens is 242 g/mol. The number of imidazole rings is 1. The van der Waals surface area contributed by atoms with E-state index in [0.29, 0.717) is 22.4 Å². The molecule has 0 radical (unpaired) electrons. The Balaban J connectivity index is 2.25. The Hall–Kier alpha value is -2.56. The van der Waals surface area contributed by atoms with Crippen molar-refractivity contribution in [3.63, 3.8) is 0 Å². The van der Waals surface area contributed by atoms with Crippen LogP contribution in [0, 0.1) is 13.8 Å². The molecule has 0 spiro atoms. The van der Waals surface area contributed by atoms with E-state index in [1.54, 1.807) is 13.2 Å². The normalized spacial score (nSPS) is 11.1. The van der Waals surface area contributed by atoms with E-state index in [9.17, 15) is 4.79 Å². The number of hydrogen-bond acceptors (Lipinski definition) is 4. The molecule has 0 fully saturated rings. The van der Waals surface area contributed by atoms with Crippen molar-refractivity contribution in [2.45, 2.75) is 13.8 Å². The molecule has 1 aromatic carbocycles. The number of carbonyl (C=O) groups excluding carboxylic acids is 1. The second-order valence-electron chi connectivity index (χ2n) is 4.45. The average molecular weight is 255 g/mol. The van der Waals surface area contributed by atoms with Crippen LogP contribution in [-0.2, 0) is 0 Å². The maximum Gasteiger partial charge on any atom is 0.269 e. The first kappa shape index (κ1) is 11.5. The molecule has 0 aliphatic rings. The van der Waals surface area contributed by atoms with Crippen LogP contribution < -0.4 is 5.73 Å². The van der Waals surface area contributed by atoms with E-state index in [1.165, 1.54) is 4.57 Å². The van der Waals surface area contributed by atoms with Gasteiger partial charge in [-0.25, -0.2) is 9.55 Å². The average Bonchev–Trinajstić information content (AvgIpc) is 2.88. The van der Waals surface area contributed by atoms with E-state index in [4.69, 9.17) is 10.2 Å². The fraction of sp³-hybridized carbons (Fsp3) is 0.143. The highest BCUT2D eigenvalue weighted by molar-refractivity contribution is 6.04. The lowest BCUT2D eigenvalue weighted by molar-refractivity contribution is 0.0965.